The number of fused-ring (bicyclic) bond motifs is 1. The van der Waals surface area contributed by atoms with Crippen molar-refractivity contribution in [2.24, 2.45) is 0 Å². The first-order chi connectivity index (χ1) is 12.6. The Morgan fingerprint density at radius 1 is 1.12 bits per heavy atom. The van der Waals surface area contributed by atoms with E-state index in [2.05, 4.69) is 34.7 Å². The minimum absolute atomic E-state index is 0.124. The van der Waals surface area contributed by atoms with Gasteiger partial charge in [-0.05, 0) is 36.2 Å². The topological polar surface area (TPSA) is 63.2 Å². The highest BCUT2D eigenvalue weighted by atomic mass is 16.5. The second-order valence-electron chi connectivity index (χ2n) is 6.10. The molecular formula is C21H23N3O2. The fourth-order valence-electron chi connectivity index (χ4n) is 2.91. The van der Waals surface area contributed by atoms with Gasteiger partial charge in [0, 0.05) is 30.2 Å². The van der Waals surface area contributed by atoms with Crippen LogP contribution in [0.15, 0.2) is 48.5 Å². The molecule has 5 nitrogen and oxygen atoms in total. The molecule has 1 aromatic heterocycles. The van der Waals surface area contributed by atoms with Gasteiger partial charge in [0.05, 0.1) is 18.3 Å². The summed E-state index contributed by atoms with van der Waals surface area (Å²) in [6.45, 7) is 4.22. The van der Waals surface area contributed by atoms with Crippen molar-refractivity contribution < 1.29 is 9.53 Å². The Kier molecular flexibility index (Phi) is 5.37. The number of methoxy groups -OCH3 is 1. The molecule has 134 valence electrons. The van der Waals surface area contributed by atoms with Crippen LogP contribution in [-0.2, 0) is 17.8 Å². The van der Waals surface area contributed by atoms with Gasteiger partial charge >= 0.3 is 0 Å². The standard InChI is InChI=1S/C21H23N3O2/c1-4-16-12-19(17-7-5-6-8-18(17)24-16)22-13-15-9-10-21(26-3)20(11-15)23-14(2)25/h5-12H,4,13H2,1-3H3,(H,22,24)(H,23,25). The number of nitrogens with one attached hydrogen (secondary N) is 2. The van der Waals surface area contributed by atoms with Crippen molar-refractivity contribution in [3.05, 3.63) is 59.8 Å². The number of amides is 1. The van der Waals surface area contributed by atoms with E-state index in [0.717, 1.165) is 34.3 Å². The van der Waals surface area contributed by atoms with Gasteiger partial charge < -0.3 is 15.4 Å². The molecule has 2 aromatic carbocycles. The van der Waals surface area contributed by atoms with Gasteiger partial charge in [-0.25, -0.2) is 0 Å². The molecule has 0 radical (unpaired) electrons. The summed E-state index contributed by atoms with van der Waals surface area (Å²) in [5, 5.41) is 7.41. The molecule has 0 unspecified atom stereocenters. The molecule has 0 bridgehead atoms. The number of ether oxygens (including phenoxy) is 1. The van der Waals surface area contributed by atoms with Crippen molar-refractivity contribution in [2.75, 3.05) is 17.7 Å². The number of hydrogen-bond donors (Lipinski definition) is 2. The lowest BCUT2D eigenvalue weighted by Gasteiger charge is -2.14. The molecular weight excluding hydrogens is 326 g/mol. The van der Waals surface area contributed by atoms with Crippen LogP contribution >= 0.6 is 0 Å². The van der Waals surface area contributed by atoms with Gasteiger partial charge in [0.25, 0.3) is 0 Å². The smallest absolute Gasteiger partial charge is 0.221 e. The van der Waals surface area contributed by atoms with Crippen LogP contribution in [0.5, 0.6) is 5.75 Å². The minimum atomic E-state index is -0.124. The Hall–Kier alpha value is -3.08. The van der Waals surface area contributed by atoms with E-state index >= 15 is 0 Å². The molecule has 0 aliphatic carbocycles. The number of rotatable bonds is 6. The van der Waals surface area contributed by atoms with Crippen molar-refractivity contribution in [1.82, 2.24) is 4.98 Å². The third-order valence-electron chi connectivity index (χ3n) is 4.19. The molecule has 26 heavy (non-hydrogen) atoms. The van der Waals surface area contributed by atoms with Gasteiger partial charge in [0.15, 0.2) is 0 Å². The van der Waals surface area contributed by atoms with Gasteiger partial charge in [-0.1, -0.05) is 31.2 Å². The van der Waals surface area contributed by atoms with Crippen molar-refractivity contribution in [3.8, 4) is 5.75 Å². The third-order valence-corrected chi connectivity index (χ3v) is 4.19. The number of hydrogen-bond acceptors (Lipinski definition) is 4. The first-order valence-corrected chi connectivity index (χ1v) is 8.67. The lowest BCUT2D eigenvalue weighted by atomic mass is 10.1. The summed E-state index contributed by atoms with van der Waals surface area (Å²) in [6, 6.07) is 16.0. The Labute approximate surface area is 153 Å². The van der Waals surface area contributed by atoms with Crippen LogP contribution in [0, 0.1) is 0 Å². The molecule has 0 spiro atoms. The molecule has 1 heterocycles. The maximum Gasteiger partial charge on any atom is 0.221 e. The summed E-state index contributed by atoms with van der Waals surface area (Å²) >= 11 is 0. The number of aryl methyl sites for hydroxylation is 1. The van der Waals surface area contributed by atoms with E-state index in [4.69, 9.17) is 4.74 Å². The largest absolute Gasteiger partial charge is 0.495 e. The second kappa shape index (κ2) is 7.87. The van der Waals surface area contributed by atoms with E-state index in [-0.39, 0.29) is 5.91 Å². The van der Waals surface area contributed by atoms with Crippen LogP contribution in [-0.4, -0.2) is 18.0 Å². The average Bonchev–Trinajstić information content (AvgIpc) is 2.65. The van der Waals surface area contributed by atoms with E-state index in [1.165, 1.54) is 6.92 Å². The predicted molar refractivity (Wildman–Crippen MR) is 106 cm³/mol. The van der Waals surface area contributed by atoms with E-state index < -0.39 is 0 Å². The zero-order valence-electron chi connectivity index (χ0n) is 15.3. The molecule has 3 rings (SSSR count). The van der Waals surface area contributed by atoms with Crippen LogP contribution in [0.2, 0.25) is 0 Å². The highest BCUT2D eigenvalue weighted by Crippen LogP contribution is 2.27. The predicted octanol–water partition coefficient (Wildman–Crippen LogP) is 4.38. The Balaban J connectivity index is 1.87. The number of nitrogens with zero attached hydrogens (tertiary/aromatic N) is 1. The van der Waals surface area contributed by atoms with Crippen molar-refractivity contribution in [2.45, 2.75) is 26.8 Å². The molecule has 0 aliphatic heterocycles. The van der Waals surface area contributed by atoms with E-state index in [1.807, 2.05) is 36.4 Å². The van der Waals surface area contributed by atoms with Gasteiger partial charge in [-0.3, -0.25) is 9.78 Å². The second-order valence-corrected chi connectivity index (χ2v) is 6.10. The van der Waals surface area contributed by atoms with Crippen LogP contribution in [0.25, 0.3) is 10.9 Å². The highest BCUT2D eigenvalue weighted by Gasteiger charge is 2.08. The quantitative estimate of drug-likeness (QED) is 0.693. The molecule has 5 heteroatoms. The SMILES string of the molecule is CCc1cc(NCc2ccc(OC)c(NC(C)=O)c2)c2ccccc2n1. The summed E-state index contributed by atoms with van der Waals surface area (Å²) in [5.41, 5.74) is 4.83. The molecule has 2 N–H and O–H groups in total. The number of carbonyl (C=O) groups excluding carboxylic acids is 1. The fraction of sp³-hybridized carbons (Fsp3) is 0.238. The van der Waals surface area contributed by atoms with E-state index in [0.29, 0.717) is 18.0 Å². The molecule has 3 aromatic rings. The summed E-state index contributed by atoms with van der Waals surface area (Å²) in [4.78, 5) is 16.1. The summed E-state index contributed by atoms with van der Waals surface area (Å²) in [5.74, 6) is 0.521. The van der Waals surface area contributed by atoms with Gasteiger partial charge in [0.2, 0.25) is 5.91 Å². The molecule has 0 saturated heterocycles. The monoisotopic (exact) mass is 349 g/mol. The summed E-state index contributed by atoms with van der Waals surface area (Å²) in [6.07, 6.45) is 0.884. The Bertz CT molecular complexity index is 938. The Morgan fingerprint density at radius 2 is 1.92 bits per heavy atom. The number of aromatic nitrogens is 1. The number of carbonyl (C=O) groups is 1. The van der Waals surface area contributed by atoms with Gasteiger partial charge in [0.1, 0.15) is 5.75 Å². The van der Waals surface area contributed by atoms with E-state index in [1.54, 1.807) is 7.11 Å². The van der Waals surface area contributed by atoms with Crippen LogP contribution < -0.4 is 15.4 Å². The maximum absolute atomic E-state index is 11.4. The first-order valence-electron chi connectivity index (χ1n) is 8.67. The van der Waals surface area contributed by atoms with Crippen LogP contribution in [0.4, 0.5) is 11.4 Å². The molecule has 1 amide bonds. The lowest BCUT2D eigenvalue weighted by molar-refractivity contribution is -0.114. The minimum Gasteiger partial charge on any atom is -0.495 e. The number of benzene rings is 2. The fourth-order valence-corrected chi connectivity index (χ4v) is 2.91. The van der Waals surface area contributed by atoms with E-state index in [9.17, 15) is 4.79 Å². The zero-order chi connectivity index (χ0) is 18.5. The maximum atomic E-state index is 11.4. The van der Waals surface area contributed by atoms with Crippen LogP contribution in [0.1, 0.15) is 25.1 Å². The van der Waals surface area contributed by atoms with Crippen molar-refractivity contribution in [1.29, 1.82) is 0 Å². The third kappa shape index (κ3) is 3.94. The van der Waals surface area contributed by atoms with Crippen molar-refractivity contribution >= 4 is 28.2 Å². The van der Waals surface area contributed by atoms with Crippen LogP contribution in [0.3, 0.4) is 0 Å². The van der Waals surface area contributed by atoms with Gasteiger partial charge in [-0.15, -0.1) is 0 Å². The highest BCUT2D eigenvalue weighted by molar-refractivity contribution is 5.92. The Morgan fingerprint density at radius 3 is 2.65 bits per heavy atom. The van der Waals surface area contributed by atoms with Crippen molar-refractivity contribution in [3.63, 3.8) is 0 Å². The summed E-state index contributed by atoms with van der Waals surface area (Å²) < 4.78 is 5.31. The molecule has 0 fully saturated rings. The molecule has 0 atom stereocenters. The average molecular weight is 349 g/mol. The normalized spacial score (nSPS) is 10.6. The number of para-hydroxylation sites is 1. The first kappa shape index (κ1) is 17.7. The molecule has 0 saturated carbocycles. The molecule has 0 aliphatic rings. The zero-order valence-corrected chi connectivity index (χ0v) is 15.3. The number of anilines is 2. The lowest BCUT2D eigenvalue weighted by Crippen LogP contribution is -2.08. The summed E-state index contributed by atoms with van der Waals surface area (Å²) in [7, 11) is 1.59. The van der Waals surface area contributed by atoms with Gasteiger partial charge in [-0.2, -0.15) is 0 Å². The number of pyridine rings is 1.